The zero-order chi connectivity index (χ0) is 36.3. The molecule has 0 heterocycles. The van der Waals surface area contributed by atoms with E-state index in [4.69, 9.17) is 10.1 Å². The quantitative estimate of drug-likeness (QED) is 0.0755. The van der Waals surface area contributed by atoms with Crippen LogP contribution in [0.5, 0.6) is 5.75 Å². The molecule has 264 valence electrons. The Bertz CT molecular complexity index is 1640. The van der Waals surface area contributed by atoms with Crippen molar-refractivity contribution in [2.24, 2.45) is 0 Å². The van der Waals surface area contributed by atoms with Crippen LogP contribution in [0.2, 0.25) is 0 Å². The minimum atomic E-state index is -0.516. The molecule has 2 N–H and O–H groups in total. The van der Waals surface area contributed by atoms with E-state index in [0.29, 0.717) is 31.3 Å². The summed E-state index contributed by atoms with van der Waals surface area (Å²) >= 11 is 0. The molecule has 0 radical (unpaired) electrons. The fourth-order valence-electron chi connectivity index (χ4n) is 5.25. The number of ether oxygens (including phenoxy) is 1. The van der Waals surface area contributed by atoms with E-state index < -0.39 is 5.97 Å². The fraction of sp³-hybridized carbons (Fsp3) is 0.267. The number of hydrogen-bond donors (Lipinski definition) is 2. The van der Waals surface area contributed by atoms with Crippen molar-refractivity contribution in [3.05, 3.63) is 185 Å². The number of phenols is 1. The number of nitrogens with one attached hydrogen (secondary N) is 1. The van der Waals surface area contributed by atoms with E-state index in [2.05, 4.69) is 65.1 Å². The molecule has 0 unspecified atom stereocenters. The van der Waals surface area contributed by atoms with Crippen LogP contribution in [0, 0.1) is 20.8 Å². The van der Waals surface area contributed by atoms with Gasteiger partial charge < -0.3 is 20.5 Å². The maximum Gasteiger partial charge on any atom is 4.00 e. The molecule has 0 aromatic heterocycles. The van der Waals surface area contributed by atoms with Crippen molar-refractivity contribution in [1.82, 2.24) is 5.32 Å². The van der Waals surface area contributed by atoms with Gasteiger partial charge in [-0.2, -0.15) is 49.2 Å². The average molecular weight is 761 g/mol. The standard InChI is InChI=1S/C31H39N2O3.2C7H7.Zr/c1-21(2)26-12-9-13-27(22(3)4)29(26)33-17-16-32-15-14-25-18-23(5)19-28(30(25)34)31(35)36-20-24-10-7-6-8-11-24;2*1-7-5-3-2-4-6-7;/h6-13,18-19,21-22,32H,14-17,20H2,1-5H3,(H,34,35);2*2-6H,1H2;/q3*-1;+4. The minimum Gasteiger partial charge on any atom is -0.683 e. The third kappa shape index (κ3) is 15.3. The molecule has 0 aliphatic rings. The van der Waals surface area contributed by atoms with Crippen LogP contribution < -0.4 is 5.32 Å². The summed E-state index contributed by atoms with van der Waals surface area (Å²) in [6.07, 6.45) is 0.603. The van der Waals surface area contributed by atoms with Crippen LogP contribution in [0.1, 0.15) is 88.8 Å². The fourth-order valence-corrected chi connectivity index (χ4v) is 5.25. The van der Waals surface area contributed by atoms with Crippen LogP contribution in [0.4, 0.5) is 5.69 Å². The largest absolute Gasteiger partial charge is 4.00 e. The molecule has 5 nitrogen and oxygen atoms in total. The first-order chi connectivity index (χ1) is 24.1. The Hall–Kier alpha value is -4.25. The van der Waals surface area contributed by atoms with E-state index in [-0.39, 0.29) is 44.1 Å². The van der Waals surface area contributed by atoms with Gasteiger partial charge >= 0.3 is 32.2 Å². The molecule has 5 aromatic rings. The molecule has 0 bridgehead atoms. The molecular weight excluding hydrogens is 708 g/mol. The van der Waals surface area contributed by atoms with E-state index in [1.165, 1.54) is 11.1 Å². The van der Waals surface area contributed by atoms with Gasteiger partial charge in [-0.3, -0.25) is 0 Å². The van der Waals surface area contributed by atoms with Crippen molar-refractivity contribution in [3.8, 4) is 5.75 Å². The minimum absolute atomic E-state index is 0. The van der Waals surface area contributed by atoms with Gasteiger partial charge in [0.15, 0.2) is 0 Å². The van der Waals surface area contributed by atoms with Gasteiger partial charge in [0, 0.05) is 0 Å². The first-order valence-corrected chi connectivity index (χ1v) is 17.3. The number of nitrogens with zero attached hydrogens (tertiary/aromatic N) is 1. The van der Waals surface area contributed by atoms with Gasteiger partial charge in [0.2, 0.25) is 0 Å². The molecule has 5 rings (SSSR count). The van der Waals surface area contributed by atoms with Crippen molar-refractivity contribution >= 4 is 11.7 Å². The van der Waals surface area contributed by atoms with E-state index in [1.54, 1.807) is 6.07 Å². The van der Waals surface area contributed by atoms with Crippen molar-refractivity contribution in [1.29, 1.82) is 0 Å². The third-order valence-corrected chi connectivity index (χ3v) is 7.92. The predicted molar refractivity (Wildman–Crippen MR) is 209 cm³/mol. The maximum absolute atomic E-state index is 12.6. The number of esters is 1. The van der Waals surface area contributed by atoms with Gasteiger partial charge in [0.1, 0.15) is 17.9 Å². The maximum atomic E-state index is 12.6. The molecule has 6 heteroatoms. The number of para-hydroxylation sites is 1. The summed E-state index contributed by atoms with van der Waals surface area (Å²) in [7, 11) is 0. The summed E-state index contributed by atoms with van der Waals surface area (Å²) in [6, 6.07) is 39.3. The van der Waals surface area contributed by atoms with Crippen LogP contribution in [0.3, 0.4) is 0 Å². The third-order valence-electron chi connectivity index (χ3n) is 7.92. The van der Waals surface area contributed by atoms with Gasteiger partial charge in [0.05, 0.1) is 0 Å². The predicted octanol–water partition coefficient (Wildman–Crippen LogP) is 10.9. The smallest absolute Gasteiger partial charge is 0.683 e. The van der Waals surface area contributed by atoms with Gasteiger partial charge in [-0.15, -0.1) is 36.5 Å². The molecular formula is C45H53N2O3Zr+. The van der Waals surface area contributed by atoms with Crippen LogP contribution in [-0.2, 0) is 44.0 Å². The number of aryl methyl sites for hydroxylation is 1. The second kappa shape index (κ2) is 23.3. The molecule has 51 heavy (non-hydrogen) atoms. The molecule has 0 spiro atoms. The number of carbonyl (C=O) groups excluding carboxylic acids is 1. The van der Waals surface area contributed by atoms with Crippen molar-refractivity contribution in [2.45, 2.75) is 59.5 Å². The Morgan fingerprint density at radius 1 is 0.745 bits per heavy atom. The Morgan fingerprint density at radius 3 is 1.73 bits per heavy atom. The van der Waals surface area contributed by atoms with E-state index in [9.17, 15) is 9.90 Å². The topological polar surface area (TPSA) is 72.7 Å². The summed E-state index contributed by atoms with van der Waals surface area (Å²) in [6.45, 7) is 20.4. The Labute approximate surface area is 326 Å². The summed E-state index contributed by atoms with van der Waals surface area (Å²) in [5.74, 6) is 0.331. The van der Waals surface area contributed by atoms with Crippen LogP contribution >= 0.6 is 0 Å². The van der Waals surface area contributed by atoms with Gasteiger partial charge in [-0.05, 0) is 61.0 Å². The van der Waals surface area contributed by atoms with Gasteiger partial charge in [-0.1, -0.05) is 106 Å². The average Bonchev–Trinajstić information content (AvgIpc) is 3.11. The Kier molecular flexibility index (Phi) is 19.6. The number of hydrogen-bond acceptors (Lipinski definition) is 4. The van der Waals surface area contributed by atoms with Crippen LogP contribution in [-0.4, -0.2) is 30.7 Å². The second-order valence-electron chi connectivity index (χ2n) is 12.8. The number of aromatic hydroxyl groups is 1. The van der Waals surface area contributed by atoms with Crippen LogP contribution in [0.15, 0.2) is 121 Å². The van der Waals surface area contributed by atoms with Gasteiger partial charge in [0.25, 0.3) is 0 Å². The summed E-state index contributed by atoms with van der Waals surface area (Å²) in [4.78, 5) is 12.6. The molecule has 5 aromatic carbocycles. The number of benzene rings is 5. The summed E-state index contributed by atoms with van der Waals surface area (Å²) in [5.41, 5.74) is 8.61. The molecule has 0 saturated carbocycles. The normalized spacial score (nSPS) is 10.3. The zero-order valence-electron chi connectivity index (χ0n) is 30.9. The molecule has 0 atom stereocenters. The molecule has 0 amide bonds. The van der Waals surface area contributed by atoms with Crippen LogP contribution in [0.25, 0.3) is 5.32 Å². The second-order valence-corrected chi connectivity index (χ2v) is 12.8. The van der Waals surface area contributed by atoms with E-state index in [0.717, 1.165) is 40.0 Å². The van der Waals surface area contributed by atoms with E-state index >= 15 is 0 Å². The number of rotatable bonds is 12. The molecule has 0 aliphatic heterocycles. The Balaban J connectivity index is 0.000000494. The first-order valence-electron chi connectivity index (χ1n) is 17.3. The SMILES string of the molecule is Cc1cc(CCNCC[N-]c2c(C(C)C)cccc2C(C)C)c(O)c(C(=O)OCc2ccccc2)c1.[CH2-]c1ccccc1.[CH2-]c1ccccc1.[Zr+4]. The van der Waals surface area contributed by atoms with E-state index in [1.807, 2.05) is 104 Å². The van der Waals surface area contributed by atoms with Crippen molar-refractivity contribution in [3.63, 3.8) is 0 Å². The zero-order valence-corrected chi connectivity index (χ0v) is 33.3. The summed E-state index contributed by atoms with van der Waals surface area (Å²) < 4.78 is 5.43. The first kappa shape index (κ1) is 42.9. The summed E-state index contributed by atoms with van der Waals surface area (Å²) in [5, 5.41) is 19.1. The van der Waals surface area contributed by atoms with Gasteiger partial charge in [-0.25, -0.2) is 4.79 Å². The monoisotopic (exact) mass is 759 g/mol. The Morgan fingerprint density at radius 2 is 1.25 bits per heavy atom. The number of carbonyl (C=O) groups is 1. The van der Waals surface area contributed by atoms with Crippen molar-refractivity contribution in [2.75, 3.05) is 19.6 Å². The molecule has 0 fully saturated rings. The van der Waals surface area contributed by atoms with Crippen molar-refractivity contribution < 1.29 is 40.8 Å². The molecule has 0 aliphatic carbocycles. The number of phenolic OH excluding ortho intramolecular Hbond substituents is 1. The molecule has 0 saturated heterocycles.